The van der Waals surface area contributed by atoms with Crippen LogP contribution in [0.4, 0.5) is 15.0 Å². The number of hydrogen-bond acceptors (Lipinski definition) is 4. The monoisotopic (exact) mass is 373 g/mol. The summed E-state index contributed by atoms with van der Waals surface area (Å²) < 4.78 is 18.6. The molecule has 1 aliphatic heterocycles. The van der Waals surface area contributed by atoms with E-state index in [1.807, 2.05) is 26.0 Å². The molecule has 1 aromatic carbocycles. The van der Waals surface area contributed by atoms with Crippen LogP contribution in [0.25, 0.3) is 10.9 Å². The van der Waals surface area contributed by atoms with E-state index < -0.39 is 11.7 Å². The largest absolute Gasteiger partial charge is 0.444 e. The van der Waals surface area contributed by atoms with Gasteiger partial charge < -0.3 is 15.4 Å². The van der Waals surface area contributed by atoms with E-state index in [4.69, 9.17) is 10.5 Å². The summed E-state index contributed by atoms with van der Waals surface area (Å²) in [5.74, 6) is 1.72. The van der Waals surface area contributed by atoms with Crippen LogP contribution in [-0.4, -0.2) is 29.8 Å². The van der Waals surface area contributed by atoms with Gasteiger partial charge in [0.15, 0.2) is 0 Å². The molecule has 1 aliphatic rings. The summed E-state index contributed by atoms with van der Waals surface area (Å²) >= 11 is 0. The fraction of sp³-hybridized carbons (Fsp3) is 0.524. The first-order valence-electron chi connectivity index (χ1n) is 9.53. The Kier molecular flexibility index (Phi) is 5.53. The average molecular weight is 373 g/mol. The highest BCUT2D eigenvalue weighted by Crippen LogP contribution is 2.33. The molecule has 1 unspecified atom stereocenters. The van der Waals surface area contributed by atoms with Gasteiger partial charge in [-0.15, -0.1) is 0 Å². The summed E-state index contributed by atoms with van der Waals surface area (Å²) in [4.78, 5) is 18.0. The SMILES string of the molecule is CC(CC(C)(C)OC(N)=O)C1CCN(c2ccc3cc(F)ccc3n2)CC1. The molecule has 1 amide bonds. The number of benzene rings is 1. The van der Waals surface area contributed by atoms with Gasteiger partial charge in [-0.1, -0.05) is 6.92 Å². The lowest BCUT2D eigenvalue weighted by molar-refractivity contribution is 0.0195. The number of carbonyl (C=O) groups excluding carboxylic acids is 1. The number of halogens is 1. The lowest BCUT2D eigenvalue weighted by atomic mass is 9.79. The first-order chi connectivity index (χ1) is 12.7. The highest BCUT2D eigenvalue weighted by molar-refractivity contribution is 5.80. The Morgan fingerprint density at radius 1 is 1.33 bits per heavy atom. The van der Waals surface area contributed by atoms with E-state index in [0.717, 1.165) is 49.1 Å². The molecule has 5 nitrogen and oxygen atoms in total. The topological polar surface area (TPSA) is 68.5 Å². The number of hydrogen-bond donors (Lipinski definition) is 1. The number of ether oxygens (including phenoxy) is 1. The Hall–Kier alpha value is -2.37. The lowest BCUT2D eigenvalue weighted by Crippen LogP contribution is -2.39. The first kappa shape index (κ1) is 19.4. The molecule has 0 bridgehead atoms. The van der Waals surface area contributed by atoms with Crippen LogP contribution in [0.3, 0.4) is 0 Å². The highest BCUT2D eigenvalue weighted by Gasteiger charge is 2.31. The van der Waals surface area contributed by atoms with Crippen molar-refractivity contribution in [3.63, 3.8) is 0 Å². The molecule has 2 N–H and O–H groups in total. The minimum atomic E-state index is -0.718. The summed E-state index contributed by atoms with van der Waals surface area (Å²) in [5, 5.41) is 0.818. The maximum atomic E-state index is 13.3. The van der Waals surface area contributed by atoms with Crippen molar-refractivity contribution in [3.05, 3.63) is 36.1 Å². The van der Waals surface area contributed by atoms with Gasteiger partial charge in [0.25, 0.3) is 0 Å². The molecule has 1 fully saturated rings. The van der Waals surface area contributed by atoms with E-state index >= 15 is 0 Å². The summed E-state index contributed by atoms with van der Waals surface area (Å²) in [6, 6.07) is 8.58. The number of amides is 1. The predicted molar refractivity (Wildman–Crippen MR) is 105 cm³/mol. The minimum Gasteiger partial charge on any atom is -0.444 e. The van der Waals surface area contributed by atoms with Gasteiger partial charge in [0.05, 0.1) is 5.52 Å². The first-order valence-corrected chi connectivity index (χ1v) is 9.53. The smallest absolute Gasteiger partial charge is 0.405 e. The second-order valence-corrected chi connectivity index (χ2v) is 8.19. The van der Waals surface area contributed by atoms with Crippen LogP contribution >= 0.6 is 0 Å². The van der Waals surface area contributed by atoms with Gasteiger partial charge >= 0.3 is 6.09 Å². The van der Waals surface area contributed by atoms with Crippen LogP contribution in [0.1, 0.15) is 40.0 Å². The number of nitrogens with two attached hydrogens (primary N) is 1. The second kappa shape index (κ2) is 7.71. The molecule has 1 aromatic heterocycles. The normalized spacial score (nSPS) is 17.1. The maximum Gasteiger partial charge on any atom is 0.405 e. The van der Waals surface area contributed by atoms with Crippen molar-refractivity contribution in [3.8, 4) is 0 Å². The van der Waals surface area contributed by atoms with E-state index in [2.05, 4.69) is 16.8 Å². The van der Waals surface area contributed by atoms with Crippen LogP contribution in [-0.2, 0) is 4.74 Å². The number of piperidine rings is 1. The molecule has 2 heterocycles. The Morgan fingerprint density at radius 2 is 2.04 bits per heavy atom. The molecule has 2 aromatic rings. The Morgan fingerprint density at radius 3 is 2.70 bits per heavy atom. The fourth-order valence-corrected chi connectivity index (χ4v) is 4.22. The molecule has 27 heavy (non-hydrogen) atoms. The molecular formula is C21H28FN3O2. The van der Waals surface area contributed by atoms with Gasteiger partial charge in [-0.05, 0) is 75.3 Å². The van der Waals surface area contributed by atoms with Crippen LogP contribution in [0.5, 0.6) is 0 Å². The van der Waals surface area contributed by atoms with Gasteiger partial charge in [0, 0.05) is 18.5 Å². The molecule has 0 radical (unpaired) electrons. The molecule has 1 atom stereocenters. The van der Waals surface area contributed by atoms with E-state index in [0.29, 0.717) is 11.8 Å². The van der Waals surface area contributed by atoms with Crippen molar-refractivity contribution >= 4 is 22.8 Å². The third kappa shape index (κ3) is 4.87. The summed E-state index contributed by atoms with van der Waals surface area (Å²) in [5.41, 5.74) is 5.44. The third-order valence-electron chi connectivity index (χ3n) is 5.50. The number of nitrogens with zero attached hydrogens (tertiary/aromatic N) is 2. The van der Waals surface area contributed by atoms with E-state index in [-0.39, 0.29) is 5.82 Å². The molecule has 3 rings (SSSR count). The number of fused-ring (bicyclic) bond motifs is 1. The van der Waals surface area contributed by atoms with Crippen molar-refractivity contribution in [2.45, 2.75) is 45.6 Å². The Labute approximate surface area is 159 Å². The Balaban J connectivity index is 1.60. The number of primary amides is 1. The van der Waals surface area contributed by atoms with Crippen LogP contribution in [0, 0.1) is 17.7 Å². The van der Waals surface area contributed by atoms with Crippen molar-refractivity contribution in [1.29, 1.82) is 0 Å². The van der Waals surface area contributed by atoms with Crippen molar-refractivity contribution in [1.82, 2.24) is 4.98 Å². The summed E-state index contributed by atoms with van der Waals surface area (Å²) in [7, 11) is 0. The predicted octanol–water partition coefficient (Wildman–Crippen LogP) is 4.49. The Bertz CT molecular complexity index is 816. The van der Waals surface area contributed by atoms with Gasteiger partial charge in [0.1, 0.15) is 17.2 Å². The number of pyridine rings is 1. The number of anilines is 1. The molecule has 0 spiro atoms. The second-order valence-electron chi connectivity index (χ2n) is 8.19. The van der Waals surface area contributed by atoms with E-state index in [1.165, 1.54) is 12.1 Å². The molecular weight excluding hydrogens is 345 g/mol. The van der Waals surface area contributed by atoms with Gasteiger partial charge in [-0.3, -0.25) is 0 Å². The summed E-state index contributed by atoms with van der Waals surface area (Å²) in [6.07, 6.45) is 2.21. The van der Waals surface area contributed by atoms with E-state index in [9.17, 15) is 9.18 Å². The van der Waals surface area contributed by atoms with Gasteiger partial charge in [-0.25, -0.2) is 14.2 Å². The standard InChI is InChI=1S/C21H28FN3O2/c1-14(13-21(2,3)27-20(23)26)15-8-10-25(11-9-15)19-7-4-16-12-17(22)5-6-18(16)24-19/h4-7,12,14-15H,8-11,13H2,1-3H3,(H2,23,26). The van der Waals surface area contributed by atoms with Crippen molar-refractivity contribution < 1.29 is 13.9 Å². The molecule has 0 saturated carbocycles. The average Bonchev–Trinajstić information content (AvgIpc) is 2.59. The quantitative estimate of drug-likeness (QED) is 0.838. The maximum absolute atomic E-state index is 13.3. The summed E-state index contributed by atoms with van der Waals surface area (Å²) in [6.45, 7) is 7.91. The third-order valence-corrected chi connectivity index (χ3v) is 5.50. The van der Waals surface area contributed by atoms with Gasteiger partial charge in [-0.2, -0.15) is 0 Å². The number of rotatable bonds is 5. The minimum absolute atomic E-state index is 0.241. The highest BCUT2D eigenvalue weighted by atomic mass is 19.1. The zero-order chi connectivity index (χ0) is 19.6. The van der Waals surface area contributed by atoms with Crippen LogP contribution < -0.4 is 10.6 Å². The number of carbonyl (C=O) groups is 1. The molecule has 1 saturated heterocycles. The van der Waals surface area contributed by atoms with Crippen LogP contribution in [0.2, 0.25) is 0 Å². The van der Waals surface area contributed by atoms with Crippen LogP contribution in [0.15, 0.2) is 30.3 Å². The number of aromatic nitrogens is 1. The van der Waals surface area contributed by atoms with Gasteiger partial charge in [0.2, 0.25) is 0 Å². The zero-order valence-electron chi connectivity index (χ0n) is 16.2. The molecule has 0 aliphatic carbocycles. The molecule has 146 valence electrons. The zero-order valence-corrected chi connectivity index (χ0v) is 16.2. The van der Waals surface area contributed by atoms with Crippen molar-refractivity contribution in [2.75, 3.05) is 18.0 Å². The van der Waals surface area contributed by atoms with Crippen molar-refractivity contribution in [2.24, 2.45) is 17.6 Å². The molecule has 6 heteroatoms. The lowest BCUT2D eigenvalue weighted by Gasteiger charge is -2.38. The fourth-order valence-electron chi connectivity index (χ4n) is 4.22. The van der Waals surface area contributed by atoms with E-state index in [1.54, 1.807) is 6.07 Å².